The van der Waals surface area contributed by atoms with Crippen LogP contribution in [-0.4, -0.2) is 10.8 Å². The van der Waals surface area contributed by atoms with Crippen molar-refractivity contribution in [1.82, 2.24) is 4.57 Å². The molecule has 4 rings (SSSR count). The van der Waals surface area contributed by atoms with Gasteiger partial charge in [-0.25, -0.2) is 4.57 Å². The van der Waals surface area contributed by atoms with Crippen LogP contribution in [0.5, 0.6) is 0 Å². The fraction of sp³-hybridized carbons (Fsp3) is 0.111. The summed E-state index contributed by atoms with van der Waals surface area (Å²) < 4.78 is 4.49. The molecule has 0 fully saturated rings. The van der Waals surface area contributed by atoms with Gasteiger partial charge in [0.15, 0.2) is 11.0 Å². The van der Waals surface area contributed by atoms with Crippen LogP contribution in [0.2, 0.25) is 0 Å². The van der Waals surface area contributed by atoms with Crippen LogP contribution in [-0.2, 0) is 7.05 Å². The van der Waals surface area contributed by atoms with Crippen LogP contribution in [0.1, 0.15) is 11.1 Å². The van der Waals surface area contributed by atoms with Crippen LogP contribution < -0.4 is 4.57 Å². The summed E-state index contributed by atoms with van der Waals surface area (Å²) in [5.41, 5.74) is 6.08. The average Bonchev–Trinajstić information content (AvgIpc) is 2.66. The molecule has 0 aliphatic carbocycles. The first-order valence-electron chi connectivity index (χ1n) is 7.06. The van der Waals surface area contributed by atoms with E-state index in [1.165, 1.54) is 28.0 Å². The highest BCUT2D eigenvalue weighted by Gasteiger charge is 2.26. The van der Waals surface area contributed by atoms with Crippen molar-refractivity contribution in [3.63, 3.8) is 0 Å². The Morgan fingerprint density at radius 1 is 1.05 bits per heavy atom. The maximum atomic E-state index is 4.33. The Morgan fingerprint density at radius 3 is 2.76 bits per heavy atom. The molecule has 21 heavy (non-hydrogen) atoms. The first-order valence-corrected chi connectivity index (χ1v) is 7.06. The minimum absolute atomic E-state index is 1.15. The zero-order valence-electron chi connectivity index (χ0n) is 12.1. The van der Waals surface area contributed by atoms with E-state index in [2.05, 4.69) is 70.6 Å². The van der Waals surface area contributed by atoms with E-state index < -0.39 is 0 Å². The molecule has 1 aliphatic rings. The number of rotatable bonds is 1. The van der Waals surface area contributed by atoms with Crippen molar-refractivity contribution in [3.8, 4) is 11.4 Å². The molecule has 2 heterocycles. The van der Waals surface area contributed by atoms with Crippen molar-refractivity contribution < 1.29 is 4.57 Å². The number of hydrogen-bond acceptors (Lipinski definition) is 1. The first-order chi connectivity index (χ1) is 10.3. The number of imidazole rings is 1. The molecular weight excluding hydrogens is 258 g/mol. The normalized spacial score (nSPS) is 12.9. The maximum Gasteiger partial charge on any atom is 0.294 e. The molecule has 1 aromatic heterocycles. The maximum absolute atomic E-state index is 4.33. The second-order valence-electron chi connectivity index (χ2n) is 5.36. The van der Waals surface area contributed by atoms with Crippen LogP contribution in [0, 0.1) is 6.92 Å². The molecule has 0 bridgehead atoms. The van der Waals surface area contributed by atoms with Gasteiger partial charge in [0.05, 0.1) is 18.8 Å². The van der Waals surface area contributed by atoms with Crippen molar-refractivity contribution in [2.24, 2.45) is 12.0 Å². The largest absolute Gasteiger partial charge is 0.294 e. The topological polar surface area (TPSA) is 21.2 Å². The van der Waals surface area contributed by atoms with E-state index in [1.807, 2.05) is 18.6 Å². The minimum atomic E-state index is 1.15. The lowest BCUT2D eigenvalue weighted by Crippen LogP contribution is -2.28. The Bertz CT molecular complexity index is 914. The molecule has 3 heteroatoms. The molecule has 3 aromatic rings. The van der Waals surface area contributed by atoms with Crippen molar-refractivity contribution in [1.29, 1.82) is 0 Å². The third kappa shape index (κ3) is 1.67. The molecule has 0 saturated heterocycles. The molecule has 0 radical (unpaired) electrons. The van der Waals surface area contributed by atoms with E-state index in [-0.39, 0.29) is 0 Å². The number of nitrogens with zero attached hydrogens (tertiary/aromatic N) is 3. The smallest absolute Gasteiger partial charge is 0.260 e. The van der Waals surface area contributed by atoms with Crippen LogP contribution in [0.3, 0.4) is 0 Å². The number of aliphatic imine (C=N–C) groups is 1. The molecule has 2 aromatic carbocycles. The van der Waals surface area contributed by atoms with Gasteiger partial charge in [-0.15, -0.1) is 0 Å². The third-order valence-electron chi connectivity index (χ3n) is 4.10. The molecule has 0 atom stereocenters. The van der Waals surface area contributed by atoms with Gasteiger partial charge in [-0.3, -0.25) is 4.99 Å². The highest BCUT2D eigenvalue weighted by atomic mass is 15.2. The van der Waals surface area contributed by atoms with Crippen LogP contribution in [0.15, 0.2) is 53.7 Å². The van der Waals surface area contributed by atoms with Crippen molar-refractivity contribution >= 4 is 23.4 Å². The van der Waals surface area contributed by atoms with Crippen LogP contribution >= 0.6 is 0 Å². The fourth-order valence-electron chi connectivity index (χ4n) is 3.08. The number of hydrogen-bond donors (Lipinski definition) is 0. The Morgan fingerprint density at radius 2 is 1.90 bits per heavy atom. The van der Waals surface area contributed by atoms with E-state index in [9.17, 15) is 0 Å². The molecule has 0 saturated carbocycles. The zero-order valence-corrected chi connectivity index (χ0v) is 12.1. The predicted octanol–water partition coefficient (Wildman–Crippen LogP) is 3.30. The van der Waals surface area contributed by atoms with Gasteiger partial charge in [-0.05, 0) is 30.7 Å². The van der Waals surface area contributed by atoms with E-state index in [0.29, 0.717) is 0 Å². The second-order valence-corrected chi connectivity index (χ2v) is 5.36. The predicted molar refractivity (Wildman–Crippen MR) is 86.2 cm³/mol. The van der Waals surface area contributed by atoms with Gasteiger partial charge in [0.25, 0.3) is 5.82 Å². The van der Waals surface area contributed by atoms with Gasteiger partial charge in [-0.2, -0.15) is 4.57 Å². The summed E-state index contributed by atoms with van der Waals surface area (Å²) in [7, 11) is 2.12. The lowest BCUT2D eigenvalue weighted by atomic mass is 10.1. The number of aryl methyl sites for hydroxylation is 2. The molecule has 0 amide bonds. The number of aromatic nitrogens is 2. The Labute approximate surface area is 123 Å². The molecule has 1 aliphatic heterocycles. The highest BCUT2D eigenvalue weighted by Crippen LogP contribution is 2.26. The molecule has 3 nitrogen and oxygen atoms in total. The summed E-state index contributed by atoms with van der Waals surface area (Å²) in [5.74, 6) is 1.18. The summed E-state index contributed by atoms with van der Waals surface area (Å²) in [4.78, 5) is 4.33. The van der Waals surface area contributed by atoms with Gasteiger partial charge in [0, 0.05) is 11.8 Å². The Hall–Kier alpha value is -2.68. The summed E-state index contributed by atoms with van der Waals surface area (Å²) in [6.07, 6.45) is 5.81. The van der Waals surface area contributed by atoms with Crippen molar-refractivity contribution in [3.05, 3.63) is 59.8 Å². The highest BCUT2D eigenvalue weighted by molar-refractivity contribution is 5.96. The van der Waals surface area contributed by atoms with Crippen molar-refractivity contribution in [2.75, 3.05) is 0 Å². The van der Waals surface area contributed by atoms with E-state index in [1.54, 1.807) is 0 Å². The monoisotopic (exact) mass is 274 g/mol. The van der Waals surface area contributed by atoms with Crippen LogP contribution in [0.25, 0.3) is 28.6 Å². The number of benzene rings is 2. The standard InChI is InChI=1S/C18H16N3/c1-13-6-3-4-8-15(13)18-20(2)16-9-5-7-14-12-19-10-11-21(18)17(14)16/h3-12H,1-2H3/q+1. The Balaban J connectivity index is 2.18. The quantitative estimate of drug-likeness (QED) is 0.607. The fourth-order valence-corrected chi connectivity index (χ4v) is 3.08. The van der Waals surface area contributed by atoms with Gasteiger partial charge in [0.1, 0.15) is 6.20 Å². The van der Waals surface area contributed by atoms with E-state index in [0.717, 1.165) is 5.56 Å². The zero-order chi connectivity index (χ0) is 14.4. The third-order valence-corrected chi connectivity index (χ3v) is 4.10. The van der Waals surface area contributed by atoms with E-state index in [4.69, 9.17) is 0 Å². The lowest BCUT2D eigenvalue weighted by molar-refractivity contribution is -0.527. The molecule has 0 unspecified atom stereocenters. The summed E-state index contributed by atoms with van der Waals surface area (Å²) in [6.45, 7) is 2.15. The van der Waals surface area contributed by atoms with Gasteiger partial charge in [-0.1, -0.05) is 24.3 Å². The van der Waals surface area contributed by atoms with E-state index >= 15 is 0 Å². The van der Waals surface area contributed by atoms with Crippen LogP contribution in [0.4, 0.5) is 0 Å². The Kier molecular flexibility index (Phi) is 2.54. The molecule has 0 N–H and O–H groups in total. The molecule has 0 spiro atoms. The summed E-state index contributed by atoms with van der Waals surface area (Å²) in [5, 5.41) is 0. The molecule has 102 valence electrons. The van der Waals surface area contributed by atoms with Gasteiger partial charge >= 0.3 is 0 Å². The van der Waals surface area contributed by atoms with Crippen molar-refractivity contribution in [2.45, 2.75) is 6.92 Å². The minimum Gasteiger partial charge on any atom is -0.260 e. The average molecular weight is 274 g/mol. The summed E-state index contributed by atoms with van der Waals surface area (Å²) >= 11 is 0. The van der Waals surface area contributed by atoms with Gasteiger partial charge in [0.2, 0.25) is 0 Å². The summed E-state index contributed by atoms with van der Waals surface area (Å²) in [6, 6.07) is 14.8. The SMILES string of the molecule is Cc1ccccc1-c1n(C)c2cccc3c2[n+]1C=CN=C3. The number of para-hydroxylation sites is 1. The second kappa shape index (κ2) is 4.42. The van der Waals surface area contributed by atoms with Gasteiger partial charge < -0.3 is 0 Å². The molecular formula is C18H16N3+. The lowest BCUT2D eigenvalue weighted by Gasteiger charge is -2.02. The first kappa shape index (κ1) is 12.1.